The molecule has 38 heavy (non-hydrogen) atoms. The van der Waals surface area contributed by atoms with Crippen LogP contribution in [0.3, 0.4) is 0 Å². The number of nitrogens with one attached hydrogen (secondary N) is 5. The molecule has 1 saturated heterocycles. The molecule has 1 heterocycles. The molecule has 5 atom stereocenters. The molecule has 0 radical (unpaired) electrons. The van der Waals surface area contributed by atoms with Crippen LogP contribution in [0, 0.1) is 5.92 Å². The number of carbonyl (C=O) groups excluding carboxylic acids is 5. The Hall–Kier alpha value is -4.00. The first-order valence-corrected chi connectivity index (χ1v) is 12.3. The molecule has 5 amide bonds. The van der Waals surface area contributed by atoms with E-state index in [-0.39, 0.29) is 18.8 Å². The van der Waals surface area contributed by atoms with E-state index in [1.54, 1.807) is 44.2 Å². The molecule has 0 bridgehead atoms. The van der Waals surface area contributed by atoms with Crippen LogP contribution < -0.4 is 26.6 Å². The topological polar surface area (TPSA) is 203 Å². The van der Waals surface area contributed by atoms with Gasteiger partial charge in [0, 0.05) is 6.42 Å². The minimum Gasteiger partial charge on any atom is -0.481 e. The number of carbonyl (C=O) groups is 6. The molecular weight excluding hydrogens is 498 g/mol. The highest BCUT2D eigenvalue weighted by Gasteiger charge is 2.34. The lowest BCUT2D eigenvalue weighted by molar-refractivity contribution is -0.141. The van der Waals surface area contributed by atoms with Crippen molar-refractivity contribution in [2.75, 3.05) is 6.54 Å². The van der Waals surface area contributed by atoms with Crippen molar-refractivity contribution in [3.63, 3.8) is 0 Å². The van der Waals surface area contributed by atoms with Crippen molar-refractivity contribution < 1.29 is 39.0 Å². The van der Waals surface area contributed by atoms with Gasteiger partial charge in [0.25, 0.3) is 0 Å². The van der Waals surface area contributed by atoms with Crippen LogP contribution in [0.2, 0.25) is 0 Å². The third-order valence-electron chi connectivity index (χ3n) is 5.77. The van der Waals surface area contributed by atoms with Gasteiger partial charge in [0.05, 0.1) is 19.1 Å². The molecule has 13 nitrogen and oxygen atoms in total. The third-order valence-corrected chi connectivity index (χ3v) is 5.77. The Morgan fingerprint density at radius 2 is 1.45 bits per heavy atom. The van der Waals surface area contributed by atoms with Crippen LogP contribution in [0.5, 0.6) is 0 Å². The average molecular weight is 534 g/mol. The first kappa shape index (κ1) is 30.2. The molecule has 0 aromatic heterocycles. The summed E-state index contributed by atoms with van der Waals surface area (Å²) in [6.45, 7) is 4.26. The maximum atomic E-state index is 13.1. The van der Waals surface area contributed by atoms with Gasteiger partial charge in [0.2, 0.25) is 29.5 Å². The Morgan fingerprint density at radius 3 is 2.03 bits per heavy atom. The number of carboxylic acids is 1. The van der Waals surface area contributed by atoms with Crippen molar-refractivity contribution in [2.24, 2.45) is 5.92 Å². The van der Waals surface area contributed by atoms with Crippen LogP contribution in [0.15, 0.2) is 30.3 Å². The molecule has 13 heteroatoms. The quantitative estimate of drug-likeness (QED) is 0.213. The number of hydrogen-bond acceptors (Lipinski definition) is 7. The van der Waals surface area contributed by atoms with Crippen molar-refractivity contribution in [3.05, 3.63) is 35.9 Å². The maximum Gasteiger partial charge on any atom is 0.305 e. The van der Waals surface area contributed by atoms with E-state index in [4.69, 9.17) is 0 Å². The summed E-state index contributed by atoms with van der Waals surface area (Å²) < 4.78 is 0. The van der Waals surface area contributed by atoms with Crippen molar-refractivity contribution in [1.82, 2.24) is 26.6 Å². The standard InChI is InChI=1S/C25H35N5O8/c1-13(2)9-16-24(37)30-21(14(3)31)25(38)29-17(10-15-7-5-4-6-8-15)22(35)26-12-19(32)27-18(11-20(33)34)23(36)28-16/h4-8,13-14,16-18,21,31H,9-12H2,1-3H3,(H,26,35)(H,27,32)(H,28,36)(H,29,38)(H,30,37)(H,33,34)/t14-,16+,17+,18+,21+/m1/s1. The summed E-state index contributed by atoms with van der Waals surface area (Å²) in [4.78, 5) is 75.9. The Balaban J connectivity index is 2.44. The van der Waals surface area contributed by atoms with E-state index in [0.717, 1.165) is 0 Å². The van der Waals surface area contributed by atoms with Gasteiger partial charge < -0.3 is 36.8 Å². The predicted octanol–water partition coefficient (Wildman–Crippen LogP) is -1.80. The largest absolute Gasteiger partial charge is 0.481 e. The van der Waals surface area contributed by atoms with E-state index in [1.165, 1.54) is 6.92 Å². The monoisotopic (exact) mass is 533 g/mol. The van der Waals surface area contributed by atoms with Gasteiger partial charge >= 0.3 is 5.97 Å². The van der Waals surface area contributed by atoms with Crippen LogP contribution in [-0.2, 0) is 35.2 Å². The highest BCUT2D eigenvalue weighted by molar-refractivity contribution is 5.98. The molecule has 7 N–H and O–H groups in total. The molecule has 1 fully saturated rings. The van der Waals surface area contributed by atoms with Gasteiger partial charge in [-0.3, -0.25) is 28.8 Å². The number of rotatable bonds is 7. The van der Waals surface area contributed by atoms with Crippen LogP contribution in [0.1, 0.15) is 39.2 Å². The summed E-state index contributed by atoms with van der Waals surface area (Å²) in [5, 5.41) is 31.5. The fourth-order valence-electron chi connectivity index (χ4n) is 3.87. The molecule has 1 aromatic carbocycles. The summed E-state index contributed by atoms with van der Waals surface area (Å²) in [7, 11) is 0. The van der Waals surface area contributed by atoms with Gasteiger partial charge in [-0.1, -0.05) is 44.2 Å². The van der Waals surface area contributed by atoms with E-state index in [2.05, 4.69) is 26.6 Å². The molecule has 2 rings (SSSR count). The van der Waals surface area contributed by atoms with Gasteiger partial charge in [-0.15, -0.1) is 0 Å². The smallest absolute Gasteiger partial charge is 0.305 e. The fraction of sp³-hybridized carbons (Fsp3) is 0.520. The molecule has 1 aliphatic heterocycles. The highest BCUT2D eigenvalue weighted by atomic mass is 16.4. The fourth-order valence-corrected chi connectivity index (χ4v) is 3.87. The van der Waals surface area contributed by atoms with Crippen molar-refractivity contribution in [1.29, 1.82) is 0 Å². The average Bonchev–Trinajstić information content (AvgIpc) is 2.83. The van der Waals surface area contributed by atoms with E-state index < -0.39 is 78.7 Å². The summed E-state index contributed by atoms with van der Waals surface area (Å²) in [6.07, 6.45) is -1.98. The number of aliphatic carboxylic acids is 1. The number of carboxylic acid groups (broad SMARTS) is 1. The number of hydrogen-bond donors (Lipinski definition) is 7. The molecular formula is C25H35N5O8. The lowest BCUT2D eigenvalue weighted by Gasteiger charge is -2.27. The van der Waals surface area contributed by atoms with Crippen molar-refractivity contribution in [2.45, 2.75) is 70.3 Å². The van der Waals surface area contributed by atoms with E-state index >= 15 is 0 Å². The van der Waals surface area contributed by atoms with Crippen LogP contribution in [0.4, 0.5) is 0 Å². The molecule has 0 unspecified atom stereocenters. The lowest BCUT2D eigenvalue weighted by Crippen LogP contribution is -2.60. The first-order chi connectivity index (χ1) is 17.9. The number of aliphatic hydroxyl groups excluding tert-OH is 1. The van der Waals surface area contributed by atoms with E-state index in [9.17, 15) is 39.0 Å². The van der Waals surface area contributed by atoms with E-state index in [1.807, 2.05) is 0 Å². The number of benzene rings is 1. The van der Waals surface area contributed by atoms with Crippen LogP contribution in [-0.4, -0.2) is 82.5 Å². The van der Waals surface area contributed by atoms with Crippen molar-refractivity contribution in [3.8, 4) is 0 Å². The van der Waals surface area contributed by atoms with E-state index in [0.29, 0.717) is 5.56 Å². The van der Waals surface area contributed by atoms with Gasteiger partial charge in [0.15, 0.2) is 0 Å². The Bertz CT molecular complexity index is 1030. The zero-order valence-corrected chi connectivity index (χ0v) is 21.5. The number of amides is 5. The Morgan fingerprint density at radius 1 is 0.842 bits per heavy atom. The normalized spacial score (nSPS) is 24.6. The second-order valence-corrected chi connectivity index (χ2v) is 9.60. The second kappa shape index (κ2) is 14.1. The lowest BCUT2D eigenvalue weighted by atomic mass is 10.0. The maximum absolute atomic E-state index is 13.1. The van der Waals surface area contributed by atoms with Gasteiger partial charge in [-0.05, 0) is 24.8 Å². The molecule has 0 aliphatic carbocycles. The highest BCUT2D eigenvalue weighted by Crippen LogP contribution is 2.09. The minimum atomic E-state index is -1.53. The van der Waals surface area contributed by atoms with Crippen LogP contribution >= 0.6 is 0 Å². The molecule has 1 aliphatic rings. The first-order valence-electron chi connectivity index (χ1n) is 12.3. The molecule has 208 valence electrons. The summed E-state index contributed by atoms with van der Waals surface area (Å²) >= 11 is 0. The Labute approximate surface area is 220 Å². The molecule has 1 aromatic rings. The summed E-state index contributed by atoms with van der Waals surface area (Å²) in [5.74, 6) is -5.62. The number of aliphatic hydroxyl groups is 1. The van der Waals surface area contributed by atoms with Gasteiger partial charge in [0.1, 0.15) is 24.2 Å². The SMILES string of the molecule is CC(C)C[C@@H]1NC(=O)[C@H](CC(=O)O)NC(=O)CNC(=O)[C@H](Cc2ccccc2)NC(=O)[C@H]([C@@H](C)O)NC1=O. The summed E-state index contributed by atoms with van der Waals surface area (Å²) in [5.41, 5.74) is 0.696. The minimum absolute atomic E-state index is 0.0398. The summed E-state index contributed by atoms with van der Waals surface area (Å²) in [6, 6.07) is 3.36. The van der Waals surface area contributed by atoms with Crippen LogP contribution in [0.25, 0.3) is 0 Å². The zero-order valence-electron chi connectivity index (χ0n) is 21.5. The van der Waals surface area contributed by atoms with Gasteiger partial charge in [-0.25, -0.2) is 0 Å². The second-order valence-electron chi connectivity index (χ2n) is 9.60. The Kier molecular flexibility index (Phi) is 11.2. The molecule has 0 spiro atoms. The molecule has 0 saturated carbocycles. The van der Waals surface area contributed by atoms with Gasteiger partial charge in [-0.2, -0.15) is 0 Å². The third kappa shape index (κ3) is 9.47. The predicted molar refractivity (Wildman–Crippen MR) is 134 cm³/mol. The van der Waals surface area contributed by atoms with Crippen molar-refractivity contribution >= 4 is 35.5 Å². The zero-order chi connectivity index (χ0) is 28.4.